The fourth-order valence-electron chi connectivity index (χ4n) is 10.4. The average Bonchev–Trinajstić information content (AvgIpc) is 3.93. The molecule has 4 aliphatic rings. The first-order chi connectivity index (χ1) is 36.6. The Balaban J connectivity index is 1.19. The number of nitrogens with two attached hydrogens (primary N) is 3. The van der Waals surface area contributed by atoms with Crippen molar-refractivity contribution >= 4 is 48.8 Å². The van der Waals surface area contributed by atoms with Crippen LogP contribution in [0.2, 0.25) is 0 Å². The first-order valence-electron chi connectivity index (χ1n) is 27.8. The Morgan fingerprint density at radius 1 is 0.641 bits per heavy atom. The number of ether oxygens (including phenoxy) is 2. The second-order valence-electron chi connectivity index (χ2n) is 23.9. The summed E-state index contributed by atoms with van der Waals surface area (Å²) in [6.07, 6.45) is 3.60. The molecule has 0 spiro atoms. The van der Waals surface area contributed by atoms with Crippen molar-refractivity contribution in [2.24, 2.45) is 34.5 Å². The summed E-state index contributed by atoms with van der Waals surface area (Å²) in [6.45, 7) is 19.5. The number of benzene rings is 2. The number of rotatable bonds is 27. The van der Waals surface area contributed by atoms with Gasteiger partial charge in [0.15, 0.2) is 6.17 Å². The highest BCUT2D eigenvalue weighted by Gasteiger charge is 2.68. The van der Waals surface area contributed by atoms with E-state index in [0.717, 1.165) is 43.2 Å². The molecule has 2 bridgehead atoms. The van der Waals surface area contributed by atoms with Gasteiger partial charge in [-0.1, -0.05) is 63.6 Å². The summed E-state index contributed by atoms with van der Waals surface area (Å²) < 4.78 is 23.3. The first-order valence-corrected chi connectivity index (χ1v) is 27.8. The molecule has 21 nitrogen and oxygen atoms in total. The number of alkyl carbamates (subject to hydrolysis) is 2. The molecule has 3 aliphatic carbocycles. The van der Waals surface area contributed by atoms with Gasteiger partial charge in [-0.15, -0.1) is 0 Å². The maximum atomic E-state index is 14.0. The zero-order valence-corrected chi connectivity index (χ0v) is 47.6. The van der Waals surface area contributed by atoms with Crippen LogP contribution in [-0.2, 0) is 44.4 Å². The molecule has 9 atom stereocenters. The van der Waals surface area contributed by atoms with Gasteiger partial charge in [0.1, 0.15) is 29.4 Å². The van der Waals surface area contributed by atoms with Crippen molar-refractivity contribution < 1.29 is 52.3 Å². The molecule has 1 saturated heterocycles. The van der Waals surface area contributed by atoms with Crippen LogP contribution in [-0.4, -0.2) is 122 Å². The maximum absolute atomic E-state index is 14.0. The third kappa shape index (κ3) is 18.4. The number of nitrogens with one attached hydrogen (secondary N) is 7. The molecule has 432 valence electrons. The summed E-state index contributed by atoms with van der Waals surface area (Å²) >= 11 is 0. The van der Waals surface area contributed by atoms with Gasteiger partial charge in [0.25, 0.3) is 11.8 Å². The van der Waals surface area contributed by atoms with Crippen molar-refractivity contribution in [1.29, 1.82) is 0 Å². The first kappa shape index (κ1) is 63.0. The van der Waals surface area contributed by atoms with Gasteiger partial charge in [-0.3, -0.25) is 24.0 Å². The Kier molecular flexibility index (Phi) is 22.5. The van der Waals surface area contributed by atoms with Crippen molar-refractivity contribution in [1.82, 2.24) is 37.2 Å². The molecule has 3 saturated carbocycles. The summed E-state index contributed by atoms with van der Waals surface area (Å²) in [7, 11) is -0.950. The number of carbonyl (C=O) groups excluding carboxylic acids is 7. The fourth-order valence-corrected chi connectivity index (χ4v) is 10.4. The normalized spacial score (nSPS) is 21.2. The van der Waals surface area contributed by atoms with Crippen molar-refractivity contribution in [3.05, 3.63) is 59.7 Å². The Bertz CT molecular complexity index is 2360. The summed E-state index contributed by atoms with van der Waals surface area (Å²) in [5.74, 6) is -2.62. The number of unbranched alkanes of at least 4 members (excludes halogenated alkanes) is 3. The van der Waals surface area contributed by atoms with Gasteiger partial charge < -0.3 is 73.2 Å². The summed E-state index contributed by atoms with van der Waals surface area (Å²) in [4.78, 5) is 92.8. The predicted molar refractivity (Wildman–Crippen MR) is 298 cm³/mol. The maximum Gasteiger partial charge on any atom is 0.497 e. The molecule has 1 heterocycles. The van der Waals surface area contributed by atoms with Crippen LogP contribution in [0.4, 0.5) is 9.59 Å². The van der Waals surface area contributed by atoms with E-state index in [9.17, 15) is 33.6 Å². The molecular weight excluding hydrogens is 999 g/mol. The minimum Gasteiger partial charge on any atom is -0.444 e. The number of hydrogen-bond acceptors (Lipinski definition) is 14. The van der Waals surface area contributed by atoms with Gasteiger partial charge in [0.2, 0.25) is 17.7 Å². The Hall–Kier alpha value is -5.81. The van der Waals surface area contributed by atoms with Crippen molar-refractivity contribution in [2.75, 3.05) is 19.6 Å². The second-order valence-corrected chi connectivity index (χ2v) is 23.9. The number of carbonyl (C=O) groups is 7. The van der Waals surface area contributed by atoms with Crippen molar-refractivity contribution in [3.63, 3.8) is 0 Å². The standard InChI is InChI=1S/C56H89BN10O11/c1-11-12-17-34-20-22-35(23-21-34)36-24-26-37(27-25-36)45(68)61-29-15-13-18-40(64-46(69)39(58)28-31-63-52(74)76-54(5,6)7)47(70)66-44(59)49(72)65-41(19-14-16-30-62-51(73)75-53(2,3)4)48(71)67-50(60)57-77-43-33-38-32-42(55(38,8)9)56(43,10)78-57/h20-27,38-44,50H,11-19,28-33,58-60H2,1-10H3,(H,61,68)(H,62,73)(H,63,74)(H,64,69)(H,65,72)(H,66,70)(H,67,71)/t38-,39-,40-,41-,42-,43?,44+,50+,56-/m0/s1. The molecule has 13 N–H and O–H groups in total. The molecule has 6 rings (SSSR count). The molecular formula is C56H89BN10O11. The number of amides is 7. The van der Waals surface area contributed by atoms with E-state index < -0.39 is 90.1 Å². The predicted octanol–water partition coefficient (Wildman–Crippen LogP) is 4.57. The Morgan fingerprint density at radius 2 is 1.17 bits per heavy atom. The topological polar surface area (TPSA) is 319 Å². The van der Waals surface area contributed by atoms with Gasteiger partial charge >= 0.3 is 19.3 Å². The number of hydrogen-bond donors (Lipinski definition) is 10. The van der Waals surface area contributed by atoms with E-state index in [-0.39, 0.29) is 62.2 Å². The number of aryl methyl sites for hydroxylation is 1. The lowest BCUT2D eigenvalue weighted by Gasteiger charge is -2.64. The lowest BCUT2D eigenvalue weighted by Crippen LogP contribution is -2.65. The zero-order chi connectivity index (χ0) is 57.6. The highest BCUT2D eigenvalue weighted by molar-refractivity contribution is 6.47. The average molecular weight is 1090 g/mol. The van der Waals surface area contributed by atoms with Gasteiger partial charge in [-0.2, -0.15) is 0 Å². The molecule has 22 heteroatoms. The van der Waals surface area contributed by atoms with E-state index >= 15 is 0 Å². The summed E-state index contributed by atoms with van der Waals surface area (Å²) in [5, 5.41) is 18.7. The van der Waals surface area contributed by atoms with Crippen LogP contribution < -0.4 is 54.4 Å². The van der Waals surface area contributed by atoms with Gasteiger partial charge in [-0.25, -0.2) is 9.59 Å². The lowest BCUT2D eigenvalue weighted by molar-refractivity contribution is -0.199. The van der Waals surface area contributed by atoms with Crippen molar-refractivity contribution in [2.45, 2.75) is 200 Å². The highest BCUT2D eigenvalue weighted by Crippen LogP contribution is 2.65. The molecule has 1 aliphatic heterocycles. The largest absolute Gasteiger partial charge is 0.497 e. The molecule has 2 aromatic rings. The Morgan fingerprint density at radius 3 is 1.72 bits per heavy atom. The zero-order valence-electron chi connectivity index (χ0n) is 47.6. The molecule has 0 aromatic heterocycles. The van der Waals surface area contributed by atoms with E-state index in [1.807, 2.05) is 19.1 Å². The highest BCUT2D eigenvalue weighted by atomic mass is 16.7. The molecule has 0 radical (unpaired) electrons. The molecule has 7 amide bonds. The van der Waals surface area contributed by atoms with Gasteiger partial charge in [-0.05, 0) is 165 Å². The third-order valence-corrected chi connectivity index (χ3v) is 14.9. The van der Waals surface area contributed by atoms with Crippen LogP contribution in [0.5, 0.6) is 0 Å². The van der Waals surface area contributed by atoms with E-state index in [1.165, 1.54) is 5.56 Å². The minimum atomic E-state index is -1.70. The Labute approximate surface area is 461 Å². The summed E-state index contributed by atoms with van der Waals surface area (Å²) in [5.41, 5.74) is 20.9. The van der Waals surface area contributed by atoms with Crippen LogP contribution in [0.15, 0.2) is 48.5 Å². The van der Waals surface area contributed by atoms with E-state index in [4.69, 9.17) is 36.0 Å². The summed E-state index contributed by atoms with van der Waals surface area (Å²) in [6, 6.07) is 11.0. The molecule has 78 heavy (non-hydrogen) atoms. The smallest absolute Gasteiger partial charge is 0.444 e. The molecule has 2 aromatic carbocycles. The van der Waals surface area contributed by atoms with Crippen LogP contribution >= 0.6 is 0 Å². The SMILES string of the molecule is CCCCc1ccc(-c2ccc(C(=O)NCCCC[C@H](NC(=O)[C@@H](N)CCNC(=O)OC(C)(C)C)C(=O)N[C@@H](N)C(=O)N[C@@H](CCCCNC(=O)OC(C)(C)C)C(=O)N[C@@H](N)B3OC4C[C@@H]5C[C@@H](C5(C)C)[C@]4(C)O3)cc2)cc1. The molecule has 1 unspecified atom stereocenters. The van der Waals surface area contributed by atoms with Crippen molar-refractivity contribution in [3.8, 4) is 11.1 Å². The minimum absolute atomic E-state index is 0.000210. The van der Waals surface area contributed by atoms with Crippen LogP contribution in [0, 0.1) is 17.3 Å². The fraction of sp³-hybridized carbons (Fsp3) is 0.661. The van der Waals surface area contributed by atoms with Crippen LogP contribution in [0.3, 0.4) is 0 Å². The van der Waals surface area contributed by atoms with Crippen LogP contribution in [0.25, 0.3) is 11.1 Å². The third-order valence-electron chi connectivity index (χ3n) is 14.9. The second kappa shape index (κ2) is 27.9. The lowest BCUT2D eigenvalue weighted by atomic mass is 9.43. The monoisotopic (exact) mass is 1090 g/mol. The van der Waals surface area contributed by atoms with E-state index in [2.05, 4.69) is 82.3 Å². The quantitative estimate of drug-likeness (QED) is 0.0333. The molecule has 4 fully saturated rings. The van der Waals surface area contributed by atoms with E-state index in [0.29, 0.717) is 37.2 Å². The van der Waals surface area contributed by atoms with Gasteiger partial charge in [0.05, 0.1) is 17.7 Å². The van der Waals surface area contributed by atoms with Crippen LogP contribution in [0.1, 0.15) is 156 Å². The van der Waals surface area contributed by atoms with E-state index in [1.54, 1.807) is 53.7 Å². The van der Waals surface area contributed by atoms with Gasteiger partial charge in [0, 0.05) is 25.2 Å².